The summed E-state index contributed by atoms with van der Waals surface area (Å²) in [6.07, 6.45) is 5.69. The molecule has 1 saturated carbocycles. The van der Waals surface area contributed by atoms with Crippen LogP contribution in [0, 0.1) is 0 Å². The Kier molecular flexibility index (Phi) is 3.45. The Morgan fingerprint density at radius 1 is 1.35 bits per heavy atom. The highest BCUT2D eigenvalue weighted by molar-refractivity contribution is 5.12. The molecular weight excluding hydrogens is 218 g/mol. The van der Waals surface area contributed by atoms with Gasteiger partial charge in [-0.1, -0.05) is 0 Å². The molecule has 0 spiro atoms. The van der Waals surface area contributed by atoms with Crippen molar-refractivity contribution in [1.82, 2.24) is 5.32 Å². The first kappa shape index (κ1) is 11.3. The molecule has 1 aliphatic heterocycles. The van der Waals surface area contributed by atoms with E-state index in [1.165, 1.54) is 18.4 Å². The minimum absolute atomic E-state index is 0.244. The van der Waals surface area contributed by atoms with Crippen molar-refractivity contribution in [3.05, 3.63) is 23.7 Å². The highest BCUT2D eigenvalue weighted by Gasteiger charge is 2.20. The Hall–Kier alpha value is -0.840. The SMILES string of the molecule is c1oc(COC2CCOC2)cc1CNC1CC1. The first-order chi connectivity index (χ1) is 8.40. The zero-order chi connectivity index (χ0) is 11.5. The van der Waals surface area contributed by atoms with Crippen LogP contribution >= 0.6 is 0 Å². The maximum Gasteiger partial charge on any atom is 0.129 e. The summed E-state index contributed by atoms with van der Waals surface area (Å²) in [5.41, 5.74) is 1.21. The summed E-state index contributed by atoms with van der Waals surface area (Å²) in [7, 11) is 0. The van der Waals surface area contributed by atoms with Crippen molar-refractivity contribution in [3.8, 4) is 0 Å². The van der Waals surface area contributed by atoms with Crippen molar-refractivity contribution in [2.75, 3.05) is 13.2 Å². The predicted molar refractivity (Wildman–Crippen MR) is 62.6 cm³/mol. The maximum atomic E-state index is 5.70. The van der Waals surface area contributed by atoms with Crippen molar-refractivity contribution >= 4 is 0 Å². The van der Waals surface area contributed by atoms with E-state index in [0.29, 0.717) is 6.61 Å². The van der Waals surface area contributed by atoms with Crippen LogP contribution in [0.2, 0.25) is 0 Å². The van der Waals surface area contributed by atoms with E-state index in [-0.39, 0.29) is 6.10 Å². The van der Waals surface area contributed by atoms with E-state index in [4.69, 9.17) is 13.9 Å². The van der Waals surface area contributed by atoms with Crippen LogP contribution in [0.1, 0.15) is 30.6 Å². The summed E-state index contributed by atoms with van der Waals surface area (Å²) in [4.78, 5) is 0. The second kappa shape index (κ2) is 5.21. The predicted octanol–water partition coefficient (Wildman–Crippen LogP) is 1.84. The standard InChI is InChI=1S/C13H19NO3/c1-2-11(1)14-6-10-5-13(16-7-10)9-17-12-3-4-15-8-12/h5,7,11-12,14H,1-4,6,8-9H2. The molecule has 2 heterocycles. The van der Waals surface area contributed by atoms with E-state index in [9.17, 15) is 0 Å². The third-order valence-electron chi connectivity index (χ3n) is 3.23. The van der Waals surface area contributed by atoms with Crippen LogP contribution in [0.15, 0.2) is 16.7 Å². The quantitative estimate of drug-likeness (QED) is 0.820. The van der Waals surface area contributed by atoms with Gasteiger partial charge in [0.15, 0.2) is 0 Å². The first-order valence-corrected chi connectivity index (χ1v) is 6.39. The molecule has 1 atom stereocenters. The van der Waals surface area contributed by atoms with Crippen LogP contribution in [0.5, 0.6) is 0 Å². The van der Waals surface area contributed by atoms with E-state index in [1.807, 2.05) is 6.26 Å². The van der Waals surface area contributed by atoms with Gasteiger partial charge in [-0.3, -0.25) is 0 Å². The van der Waals surface area contributed by atoms with Crippen molar-refractivity contribution in [3.63, 3.8) is 0 Å². The third-order valence-corrected chi connectivity index (χ3v) is 3.23. The van der Waals surface area contributed by atoms with Gasteiger partial charge in [0.05, 0.1) is 19.0 Å². The number of hydrogen-bond donors (Lipinski definition) is 1. The molecule has 1 saturated heterocycles. The lowest BCUT2D eigenvalue weighted by Gasteiger charge is -2.07. The van der Waals surface area contributed by atoms with Gasteiger partial charge in [-0.05, 0) is 25.3 Å². The molecular formula is C13H19NO3. The fourth-order valence-electron chi connectivity index (χ4n) is 1.99. The molecule has 94 valence electrons. The molecule has 1 aromatic rings. The molecule has 0 aromatic carbocycles. The molecule has 1 N–H and O–H groups in total. The highest BCUT2D eigenvalue weighted by Crippen LogP contribution is 2.20. The van der Waals surface area contributed by atoms with Crippen LogP contribution in [0.25, 0.3) is 0 Å². The second-order valence-corrected chi connectivity index (χ2v) is 4.87. The largest absolute Gasteiger partial charge is 0.467 e. The van der Waals surface area contributed by atoms with Gasteiger partial charge in [-0.15, -0.1) is 0 Å². The van der Waals surface area contributed by atoms with Gasteiger partial charge in [0.1, 0.15) is 12.4 Å². The van der Waals surface area contributed by atoms with E-state index in [0.717, 1.165) is 38.0 Å². The summed E-state index contributed by atoms with van der Waals surface area (Å²) in [6.45, 7) is 2.99. The first-order valence-electron chi connectivity index (χ1n) is 6.39. The van der Waals surface area contributed by atoms with E-state index in [1.54, 1.807) is 0 Å². The van der Waals surface area contributed by atoms with Gasteiger partial charge < -0.3 is 19.2 Å². The van der Waals surface area contributed by atoms with Gasteiger partial charge in [0.2, 0.25) is 0 Å². The Morgan fingerprint density at radius 2 is 2.29 bits per heavy atom. The van der Waals surface area contributed by atoms with Crippen LogP contribution in [-0.2, 0) is 22.6 Å². The number of hydrogen-bond acceptors (Lipinski definition) is 4. The topological polar surface area (TPSA) is 43.6 Å². The molecule has 0 radical (unpaired) electrons. The van der Waals surface area contributed by atoms with Gasteiger partial charge in [-0.25, -0.2) is 0 Å². The van der Waals surface area contributed by atoms with Gasteiger partial charge in [0.25, 0.3) is 0 Å². The van der Waals surface area contributed by atoms with Crippen molar-refractivity contribution in [2.24, 2.45) is 0 Å². The van der Waals surface area contributed by atoms with Gasteiger partial charge in [0, 0.05) is 24.8 Å². The van der Waals surface area contributed by atoms with E-state index < -0.39 is 0 Å². The molecule has 1 aliphatic carbocycles. The number of ether oxygens (including phenoxy) is 2. The molecule has 1 unspecified atom stereocenters. The Bertz CT molecular complexity index is 353. The van der Waals surface area contributed by atoms with Gasteiger partial charge in [-0.2, -0.15) is 0 Å². The number of rotatable bonds is 6. The molecule has 0 amide bonds. The third kappa shape index (κ3) is 3.31. The maximum absolute atomic E-state index is 5.70. The fourth-order valence-corrected chi connectivity index (χ4v) is 1.99. The lowest BCUT2D eigenvalue weighted by Crippen LogP contribution is -2.14. The minimum atomic E-state index is 0.244. The monoisotopic (exact) mass is 237 g/mol. The molecule has 1 aromatic heterocycles. The number of furan rings is 1. The van der Waals surface area contributed by atoms with Crippen LogP contribution < -0.4 is 5.32 Å². The fraction of sp³-hybridized carbons (Fsp3) is 0.692. The number of nitrogens with one attached hydrogen (secondary N) is 1. The van der Waals surface area contributed by atoms with Crippen LogP contribution in [-0.4, -0.2) is 25.4 Å². The van der Waals surface area contributed by atoms with Crippen LogP contribution in [0.4, 0.5) is 0 Å². The van der Waals surface area contributed by atoms with Crippen molar-refractivity contribution in [1.29, 1.82) is 0 Å². The lowest BCUT2D eigenvalue weighted by molar-refractivity contribution is 0.0235. The normalized spacial score (nSPS) is 24.4. The Balaban J connectivity index is 1.42. The summed E-state index contributed by atoms with van der Waals surface area (Å²) in [5.74, 6) is 0.907. The molecule has 4 nitrogen and oxygen atoms in total. The van der Waals surface area contributed by atoms with Crippen molar-refractivity contribution < 1.29 is 13.9 Å². The summed E-state index contributed by atoms with van der Waals surface area (Å²) < 4.78 is 16.4. The molecule has 17 heavy (non-hydrogen) atoms. The van der Waals surface area contributed by atoms with Crippen LogP contribution in [0.3, 0.4) is 0 Å². The smallest absolute Gasteiger partial charge is 0.129 e. The summed E-state index contributed by atoms with van der Waals surface area (Å²) in [5, 5.41) is 3.46. The Morgan fingerprint density at radius 3 is 3.06 bits per heavy atom. The zero-order valence-corrected chi connectivity index (χ0v) is 9.98. The molecule has 2 aliphatic rings. The highest BCUT2D eigenvalue weighted by atomic mass is 16.5. The van der Waals surface area contributed by atoms with E-state index >= 15 is 0 Å². The van der Waals surface area contributed by atoms with Crippen molar-refractivity contribution in [2.45, 2.75) is 44.6 Å². The lowest BCUT2D eigenvalue weighted by atomic mass is 10.3. The molecule has 0 bridgehead atoms. The average molecular weight is 237 g/mol. The molecule has 3 rings (SSSR count). The summed E-state index contributed by atoms with van der Waals surface area (Å²) >= 11 is 0. The zero-order valence-electron chi connectivity index (χ0n) is 9.98. The van der Waals surface area contributed by atoms with E-state index in [2.05, 4.69) is 11.4 Å². The Labute approximate surface area is 101 Å². The molecule has 4 heteroatoms. The molecule has 2 fully saturated rings. The van der Waals surface area contributed by atoms with Gasteiger partial charge >= 0.3 is 0 Å². The minimum Gasteiger partial charge on any atom is -0.467 e. The average Bonchev–Trinajstić information content (AvgIpc) is 2.86. The summed E-state index contributed by atoms with van der Waals surface area (Å²) in [6, 6.07) is 2.81. The second-order valence-electron chi connectivity index (χ2n) is 4.87.